The van der Waals surface area contributed by atoms with E-state index in [1.54, 1.807) is 16.7 Å². The predicted molar refractivity (Wildman–Crippen MR) is 117 cm³/mol. The maximum atomic E-state index is 2.52. The van der Waals surface area contributed by atoms with Crippen molar-refractivity contribution >= 4 is 0 Å². The zero-order valence-electron chi connectivity index (χ0n) is 17.0. The van der Waals surface area contributed by atoms with Crippen molar-refractivity contribution in [1.82, 2.24) is 0 Å². The molecule has 0 heteroatoms. The van der Waals surface area contributed by atoms with Crippen molar-refractivity contribution in [1.29, 1.82) is 0 Å². The van der Waals surface area contributed by atoms with E-state index in [1.165, 1.54) is 36.0 Å². The summed E-state index contributed by atoms with van der Waals surface area (Å²) >= 11 is 0. The predicted octanol–water partition coefficient (Wildman–Crippen LogP) is 7.57. The second-order valence-electron chi connectivity index (χ2n) is 8.65. The van der Waals surface area contributed by atoms with Crippen LogP contribution in [0.15, 0.2) is 94.2 Å². The molecule has 0 radical (unpaired) electrons. The topological polar surface area (TPSA) is 0 Å². The lowest BCUT2D eigenvalue weighted by molar-refractivity contribution is 0.646. The Labute approximate surface area is 165 Å². The standard InChI is InChI=1S/C27H32/c1-19-8-4-11-22(16-19)25-14-7-15-26(23-12-5-9-20(2)17-23)27(25)24-13-6-10-21(3)18-24/h4-5,7-8,10,12,14,16-18,20,22,26H,6,9,11,13,15H2,1-3H3. The third kappa shape index (κ3) is 3.95. The fourth-order valence-corrected chi connectivity index (χ4v) is 5.01. The molecule has 0 aromatic carbocycles. The number of rotatable bonds is 3. The molecule has 0 saturated carbocycles. The molecule has 0 bridgehead atoms. The first kappa shape index (κ1) is 18.3. The summed E-state index contributed by atoms with van der Waals surface area (Å²) < 4.78 is 0. The molecule has 0 saturated heterocycles. The molecular weight excluding hydrogens is 324 g/mol. The Morgan fingerprint density at radius 1 is 0.852 bits per heavy atom. The van der Waals surface area contributed by atoms with Crippen molar-refractivity contribution in [3.8, 4) is 0 Å². The smallest absolute Gasteiger partial charge is 0.0126 e. The minimum atomic E-state index is 0.515. The molecule has 0 aromatic rings. The Balaban J connectivity index is 1.82. The molecular formula is C27H32. The van der Waals surface area contributed by atoms with Crippen molar-refractivity contribution < 1.29 is 0 Å². The van der Waals surface area contributed by atoms with Crippen molar-refractivity contribution in [2.24, 2.45) is 17.8 Å². The highest BCUT2D eigenvalue weighted by atomic mass is 14.3. The van der Waals surface area contributed by atoms with Crippen molar-refractivity contribution in [2.45, 2.75) is 52.9 Å². The highest BCUT2D eigenvalue weighted by Gasteiger charge is 2.29. The van der Waals surface area contributed by atoms with Gasteiger partial charge in [-0.2, -0.15) is 0 Å². The molecule has 0 heterocycles. The molecule has 4 aliphatic carbocycles. The van der Waals surface area contributed by atoms with Crippen LogP contribution in [0.5, 0.6) is 0 Å². The minimum absolute atomic E-state index is 0.515. The Hall–Kier alpha value is -2.08. The highest BCUT2D eigenvalue weighted by molar-refractivity contribution is 5.54. The molecule has 3 unspecified atom stereocenters. The first-order valence-corrected chi connectivity index (χ1v) is 10.6. The van der Waals surface area contributed by atoms with Crippen LogP contribution < -0.4 is 0 Å². The largest absolute Gasteiger partial charge is 0.0837 e. The maximum Gasteiger partial charge on any atom is 0.0126 e. The van der Waals surface area contributed by atoms with Gasteiger partial charge in [-0.1, -0.05) is 78.8 Å². The first-order chi connectivity index (χ1) is 13.1. The van der Waals surface area contributed by atoms with Gasteiger partial charge in [-0.05, 0) is 74.2 Å². The summed E-state index contributed by atoms with van der Waals surface area (Å²) in [7, 11) is 0. The Kier molecular flexibility index (Phi) is 5.34. The zero-order chi connectivity index (χ0) is 18.8. The zero-order valence-corrected chi connectivity index (χ0v) is 17.0. The third-order valence-electron chi connectivity index (χ3n) is 6.29. The average Bonchev–Trinajstić information content (AvgIpc) is 2.67. The van der Waals surface area contributed by atoms with E-state index in [1.807, 2.05) is 0 Å². The molecule has 0 amide bonds. The van der Waals surface area contributed by atoms with Crippen LogP contribution in [0.25, 0.3) is 0 Å². The van der Waals surface area contributed by atoms with Crippen LogP contribution in [0.2, 0.25) is 0 Å². The SMILES string of the molecule is CC1=CCCC(C2=C(C3C=C(C)C=CC3)C=CCC2C2=CC(C)CC=C2)=C1. The lowest BCUT2D eigenvalue weighted by Crippen LogP contribution is -2.19. The van der Waals surface area contributed by atoms with Gasteiger partial charge in [0.2, 0.25) is 0 Å². The quantitative estimate of drug-likeness (QED) is 0.489. The fourth-order valence-electron chi connectivity index (χ4n) is 5.01. The van der Waals surface area contributed by atoms with Gasteiger partial charge < -0.3 is 0 Å². The molecule has 27 heavy (non-hydrogen) atoms. The summed E-state index contributed by atoms with van der Waals surface area (Å²) in [6.07, 6.45) is 29.9. The van der Waals surface area contributed by atoms with Crippen LogP contribution in [0.3, 0.4) is 0 Å². The third-order valence-corrected chi connectivity index (χ3v) is 6.29. The molecule has 4 aliphatic rings. The van der Waals surface area contributed by atoms with Gasteiger partial charge in [0.25, 0.3) is 0 Å². The second-order valence-corrected chi connectivity index (χ2v) is 8.65. The van der Waals surface area contributed by atoms with Gasteiger partial charge in [-0.15, -0.1) is 0 Å². The van der Waals surface area contributed by atoms with Crippen LogP contribution >= 0.6 is 0 Å². The maximum absolute atomic E-state index is 2.52. The van der Waals surface area contributed by atoms with Gasteiger partial charge in [0.05, 0.1) is 0 Å². The van der Waals surface area contributed by atoms with E-state index in [0.29, 0.717) is 17.8 Å². The summed E-state index contributed by atoms with van der Waals surface area (Å²) in [4.78, 5) is 0. The molecule has 0 spiro atoms. The summed E-state index contributed by atoms with van der Waals surface area (Å²) in [6, 6.07) is 0. The average molecular weight is 357 g/mol. The van der Waals surface area contributed by atoms with E-state index < -0.39 is 0 Å². The summed E-state index contributed by atoms with van der Waals surface area (Å²) in [6.45, 7) is 6.83. The van der Waals surface area contributed by atoms with E-state index in [-0.39, 0.29) is 0 Å². The minimum Gasteiger partial charge on any atom is -0.0837 e. The number of hydrogen-bond acceptors (Lipinski definition) is 0. The molecule has 0 fully saturated rings. The summed E-state index contributed by atoms with van der Waals surface area (Å²) in [5.41, 5.74) is 9.11. The molecule has 4 rings (SSSR count). The summed E-state index contributed by atoms with van der Waals surface area (Å²) in [5, 5.41) is 0. The van der Waals surface area contributed by atoms with E-state index in [2.05, 4.69) is 81.5 Å². The Bertz CT molecular complexity index is 844. The van der Waals surface area contributed by atoms with E-state index in [0.717, 1.165) is 12.8 Å². The monoisotopic (exact) mass is 356 g/mol. The summed E-state index contributed by atoms with van der Waals surface area (Å²) in [5.74, 6) is 1.69. The van der Waals surface area contributed by atoms with Crippen LogP contribution in [0.1, 0.15) is 52.9 Å². The van der Waals surface area contributed by atoms with Gasteiger partial charge in [0, 0.05) is 11.8 Å². The van der Waals surface area contributed by atoms with Gasteiger partial charge in [-0.25, -0.2) is 0 Å². The van der Waals surface area contributed by atoms with Crippen molar-refractivity contribution in [2.75, 3.05) is 0 Å². The Morgan fingerprint density at radius 2 is 1.67 bits per heavy atom. The van der Waals surface area contributed by atoms with E-state index in [4.69, 9.17) is 0 Å². The lowest BCUT2D eigenvalue weighted by Gasteiger charge is -2.33. The van der Waals surface area contributed by atoms with E-state index >= 15 is 0 Å². The molecule has 140 valence electrons. The van der Waals surface area contributed by atoms with Gasteiger partial charge in [0.1, 0.15) is 0 Å². The van der Waals surface area contributed by atoms with Crippen molar-refractivity contribution in [3.05, 3.63) is 94.2 Å². The Morgan fingerprint density at radius 3 is 2.44 bits per heavy atom. The van der Waals surface area contributed by atoms with Crippen molar-refractivity contribution in [3.63, 3.8) is 0 Å². The molecule has 3 atom stereocenters. The van der Waals surface area contributed by atoms with Crippen LogP contribution in [-0.4, -0.2) is 0 Å². The molecule has 0 aliphatic heterocycles. The molecule has 0 N–H and O–H groups in total. The van der Waals surface area contributed by atoms with Crippen LogP contribution in [-0.2, 0) is 0 Å². The van der Waals surface area contributed by atoms with Crippen LogP contribution in [0.4, 0.5) is 0 Å². The lowest BCUT2D eigenvalue weighted by atomic mass is 9.71. The normalized spacial score (nSPS) is 30.7. The molecule has 0 nitrogen and oxygen atoms in total. The van der Waals surface area contributed by atoms with Gasteiger partial charge in [0.15, 0.2) is 0 Å². The second kappa shape index (κ2) is 7.89. The molecule has 0 aromatic heterocycles. The fraction of sp³-hybridized carbons (Fsp3) is 0.407. The van der Waals surface area contributed by atoms with E-state index in [9.17, 15) is 0 Å². The van der Waals surface area contributed by atoms with Gasteiger partial charge >= 0.3 is 0 Å². The first-order valence-electron chi connectivity index (χ1n) is 10.6. The highest BCUT2D eigenvalue weighted by Crippen LogP contribution is 2.44. The van der Waals surface area contributed by atoms with Gasteiger partial charge in [-0.3, -0.25) is 0 Å². The number of hydrogen-bond donors (Lipinski definition) is 0. The number of allylic oxidation sites excluding steroid dienone is 16. The van der Waals surface area contributed by atoms with Crippen LogP contribution in [0, 0.1) is 17.8 Å².